The maximum Gasteiger partial charge on any atom is 0.133 e. The van der Waals surface area contributed by atoms with Crippen molar-refractivity contribution in [3.05, 3.63) is 15.8 Å². The van der Waals surface area contributed by atoms with Crippen molar-refractivity contribution >= 4 is 11.3 Å². The van der Waals surface area contributed by atoms with Crippen LogP contribution in [0, 0.1) is 6.92 Å². The lowest BCUT2D eigenvalue weighted by molar-refractivity contribution is 0.402. The Balaban J connectivity index is 3.13. The van der Waals surface area contributed by atoms with Crippen LogP contribution in [0.5, 0.6) is 5.75 Å². The molecule has 68 valence electrons. The number of rotatable bonds is 1. The Labute approximate surface area is 78.4 Å². The third-order valence-corrected chi connectivity index (χ3v) is 3.18. The van der Waals surface area contributed by atoms with E-state index in [4.69, 9.17) is 4.74 Å². The fourth-order valence-corrected chi connectivity index (χ4v) is 2.20. The van der Waals surface area contributed by atoms with Crippen molar-refractivity contribution < 1.29 is 4.74 Å². The molecule has 0 aliphatic rings. The Hall–Kier alpha value is -0.500. The highest BCUT2D eigenvalue weighted by Crippen LogP contribution is 2.38. The zero-order valence-electron chi connectivity index (χ0n) is 8.39. The minimum Gasteiger partial charge on any atom is -0.496 e. The van der Waals surface area contributed by atoms with Gasteiger partial charge in [0.15, 0.2) is 0 Å². The molecule has 1 nitrogen and oxygen atoms in total. The summed E-state index contributed by atoms with van der Waals surface area (Å²) in [5, 5.41) is 0. The molecule has 0 spiro atoms. The molecule has 0 aliphatic carbocycles. The van der Waals surface area contributed by atoms with Crippen LogP contribution in [0.1, 0.15) is 30.5 Å². The van der Waals surface area contributed by atoms with Crippen LogP contribution in [0.25, 0.3) is 0 Å². The zero-order valence-corrected chi connectivity index (χ0v) is 9.21. The van der Waals surface area contributed by atoms with E-state index in [1.54, 1.807) is 7.11 Å². The minimum absolute atomic E-state index is 0.199. The van der Waals surface area contributed by atoms with Gasteiger partial charge in [0.25, 0.3) is 0 Å². The van der Waals surface area contributed by atoms with E-state index in [1.165, 1.54) is 9.75 Å². The molecule has 0 unspecified atom stereocenters. The number of hydrogen-bond acceptors (Lipinski definition) is 2. The third-order valence-electron chi connectivity index (χ3n) is 1.72. The number of thiophene rings is 1. The summed E-state index contributed by atoms with van der Waals surface area (Å²) in [6.07, 6.45) is 0. The molecule has 0 aliphatic heterocycles. The highest BCUT2D eigenvalue weighted by atomic mass is 32.1. The fraction of sp³-hybridized carbons (Fsp3) is 0.600. The summed E-state index contributed by atoms with van der Waals surface area (Å²) >= 11 is 1.82. The van der Waals surface area contributed by atoms with Crippen molar-refractivity contribution in [2.75, 3.05) is 7.11 Å². The molecule has 0 saturated heterocycles. The third kappa shape index (κ3) is 1.81. The molecule has 0 amide bonds. The van der Waals surface area contributed by atoms with Gasteiger partial charge in [-0.1, -0.05) is 20.8 Å². The van der Waals surface area contributed by atoms with Gasteiger partial charge in [-0.25, -0.2) is 0 Å². The van der Waals surface area contributed by atoms with E-state index in [1.807, 2.05) is 11.3 Å². The quantitative estimate of drug-likeness (QED) is 0.650. The largest absolute Gasteiger partial charge is 0.496 e. The second-order valence-corrected chi connectivity index (χ2v) is 5.26. The number of ether oxygens (including phenoxy) is 1. The van der Waals surface area contributed by atoms with Crippen molar-refractivity contribution in [2.45, 2.75) is 33.1 Å². The van der Waals surface area contributed by atoms with Gasteiger partial charge in [0.05, 0.1) is 12.0 Å². The first kappa shape index (κ1) is 9.59. The van der Waals surface area contributed by atoms with E-state index in [-0.39, 0.29) is 5.41 Å². The van der Waals surface area contributed by atoms with Crippen LogP contribution < -0.4 is 4.74 Å². The Morgan fingerprint density at radius 3 is 2.25 bits per heavy atom. The van der Waals surface area contributed by atoms with E-state index in [9.17, 15) is 0 Å². The van der Waals surface area contributed by atoms with Gasteiger partial charge in [0, 0.05) is 4.88 Å². The molecule has 1 aromatic heterocycles. The normalized spacial score (nSPS) is 11.8. The maximum atomic E-state index is 5.30. The summed E-state index contributed by atoms with van der Waals surface area (Å²) in [6, 6.07) is 2.10. The molecule has 0 fully saturated rings. The average Bonchev–Trinajstić information content (AvgIpc) is 2.29. The predicted molar refractivity (Wildman–Crippen MR) is 54.3 cm³/mol. The van der Waals surface area contributed by atoms with Gasteiger partial charge in [-0.2, -0.15) is 0 Å². The summed E-state index contributed by atoms with van der Waals surface area (Å²) in [5.74, 6) is 1.03. The molecule has 1 heterocycles. The molecule has 1 aromatic rings. The van der Waals surface area contributed by atoms with Crippen LogP contribution in [-0.4, -0.2) is 7.11 Å². The monoisotopic (exact) mass is 184 g/mol. The lowest BCUT2D eigenvalue weighted by atomic mass is 9.94. The Morgan fingerprint density at radius 1 is 1.33 bits per heavy atom. The molecule has 0 saturated carbocycles. The van der Waals surface area contributed by atoms with Crippen molar-refractivity contribution in [1.82, 2.24) is 0 Å². The molecule has 0 atom stereocenters. The number of methoxy groups -OCH3 is 1. The topological polar surface area (TPSA) is 9.23 Å². The highest BCUT2D eigenvalue weighted by Gasteiger charge is 2.21. The molecule has 0 N–H and O–H groups in total. The van der Waals surface area contributed by atoms with Gasteiger partial charge in [0.1, 0.15) is 5.75 Å². The van der Waals surface area contributed by atoms with Crippen LogP contribution in [-0.2, 0) is 5.41 Å². The zero-order chi connectivity index (χ0) is 9.35. The highest BCUT2D eigenvalue weighted by molar-refractivity contribution is 7.12. The van der Waals surface area contributed by atoms with Crippen molar-refractivity contribution in [3.8, 4) is 5.75 Å². The van der Waals surface area contributed by atoms with E-state index in [0.717, 1.165) is 5.75 Å². The standard InChI is InChI=1S/C10H16OS/c1-7-6-8(11-5)9(12-7)10(2,3)4/h6H,1-5H3. The van der Waals surface area contributed by atoms with Crippen molar-refractivity contribution in [2.24, 2.45) is 0 Å². The number of hydrogen-bond donors (Lipinski definition) is 0. The fourth-order valence-electron chi connectivity index (χ4n) is 1.17. The van der Waals surface area contributed by atoms with Gasteiger partial charge in [0.2, 0.25) is 0 Å². The molecule has 1 rings (SSSR count). The second kappa shape index (κ2) is 3.09. The molecule has 0 radical (unpaired) electrons. The van der Waals surface area contributed by atoms with Gasteiger partial charge in [-0.15, -0.1) is 11.3 Å². The molecule has 0 aromatic carbocycles. The van der Waals surface area contributed by atoms with E-state index in [0.29, 0.717) is 0 Å². The SMILES string of the molecule is COc1cc(C)sc1C(C)(C)C. The van der Waals surface area contributed by atoms with Gasteiger partial charge in [-0.3, -0.25) is 0 Å². The Bertz CT molecular complexity index is 268. The number of aryl methyl sites for hydroxylation is 1. The summed E-state index contributed by atoms with van der Waals surface area (Å²) in [7, 11) is 1.73. The average molecular weight is 184 g/mol. The van der Waals surface area contributed by atoms with E-state index in [2.05, 4.69) is 33.8 Å². The Kier molecular flexibility index (Phi) is 2.47. The first-order valence-electron chi connectivity index (χ1n) is 4.10. The first-order chi connectivity index (χ1) is 5.45. The lowest BCUT2D eigenvalue weighted by Crippen LogP contribution is -2.09. The van der Waals surface area contributed by atoms with Gasteiger partial charge in [-0.05, 0) is 18.4 Å². The van der Waals surface area contributed by atoms with Crippen molar-refractivity contribution in [3.63, 3.8) is 0 Å². The molecular weight excluding hydrogens is 168 g/mol. The smallest absolute Gasteiger partial charge is 0.133 e. The van der Waals surface area contributed by atoms with Crippen LogP contribution >= 0.6 is 11.3 Å². The van der Waals surface area contributed by atoms with Crippen LogP contribution in [0.2, 0.25) is 0 Å². The van der Waals surface area contributed by atoms with Crippen LogP contribution in [0.15, 0.2) is 6.07 Å². The summed E-state index contributed by atoms with van der Waals surface area (Å²) in [5.41, 5.74) is 0.199. The minimum atomic E-state index is 0.199. The van der Waals surface area contributed by atoms with Crippen molar-refractivity contribution in [1.29, 1.82) is 0 Å². The second-order valence-electron chi connectivity index (χ2n) is 4.00. The van der Waals surface area contributed by atoms with E-state index < -0.39 is 0 Å². The summed E-state index contributed by atoms with van der Waals surface area (Å²) < 4.78 is 5.30. The van der Waals surface area contributed by atoms with Gasteiger partial charge >= 0.3 is 0 Å². The molecule has 0 bridgehead atoms. The predicted octanol–water partition coefficient (Wildman–Crippen LogP) is 3.36. The summed E-state index contributed by atoms with van der Waals surface area (Å²) in [6.45, 7) is 8.74. The molecule has 2 heteroatoms. The Morgan fingerprint density at radius 2 is 1.92 bits per heavy atom. The molecule has 12 heavy (non-hydrogen) atoms. The van der Waals surface area contributed by atoms with E-state index >= 15 is 0 Å². The molecular formula is C10H16OS. The van der Waals surface area contributed by atoms with Gasteiger partial charge < -0.3 is 4.74 Å². The summed E-state index contributed by atoms with van der Waals surface area (Å²) in [4.78, 5) is 2.65. The maximum absolute atomic E-state index is 5.30. The lowest BCUT2D eigenvalue weighted by Gasteiger charge is -2.17. The van der Waals surface area contributed by atoms with Crippen LogP contribution in [0.3, 0.4) is 0 Å². The van der Waals surface area contributed by atoms with Crippen LogP contribution in [0.4, 0.5) is 0 Å². The first-order valence-corrected chi connectivity index (χ1v) is 4.91.